The van der Waals surface area contributed by atoms with Gasteiger partial charge in [-0.15, -0.1) is 0 Å². The fourth-order valence-electron chi connectivity index (χ4n) is 3.44. The molecule has 1 aliphatic carbocycles. The maximum Gasteiger partial charge on any atom is 0.124 e. The quantitative estimate of drug-likeness (QED) is 0.792. The van der Waals surface area contributed by atoms with Crippen LogP contribution in [0.15, 0.2) is 36.5 Å². The lowest BCUT2D eigenvalue weighted by Gasteiger charge is -2.27. The summed E-state index contributed by atoms with van der Waals surface area (Å²) < 4.78 is 2.01. The standard InChI is InChI=1S/C16H20N4O/c21-14-7-12-3-1-2-4-13(12)16(14)18-9-11-8-17-15-5-6-19-20(15)10-11/h1-6,11,14,16-18,21H,7-10H2/t11?,14-,16+/m1/s1. The SMILES string of the molecule is O[C@@H]1Cc2ccccc2[C@@H]1NCC1CNc2ccnn2C1. The van der Waals surface area contributed by atoms with Crippen molar-refractivity contribution < 1.29 is 5.11 Å². The number of nitrogens with one attached hydrogen (secondary N) is 2. The molecule has 21 heavy (non-hydrogen) atoms. The third-order valence-corrected chi connectivity index (χ3v) is 4.55. The van der Waals surface area contributed by atoms with Crippen molar-refractivity contribution in [3.05, 3.63) is 47.7 Å². The zero-order valence-corrected chi connectivity index (χ0v) is 11.9. The van der Waals surface area contributed by atoms with E-state index in [4.69, 9.17) is 0 Å². The molecule has 1 unspecified atom stereocenters. The summed E-state index contributed by atoms with van der Waals surface area (Å²) in [6, 6.07) is 10.4. The van der Waals surface area contributed by atoms with Crippen molar-refractivity contribution in [2.24, 2.45) is 5.92 Å². The molecule has 0 radical (unpaired) electrons. The number of hydrogen-bond acceptors (Lipinski definition) is 4. The van der Waals surface area contributed by atoms with E-state index in [0.29, 0.717) is 5.92 Å². The molecule has 2 heterocycles. The van der Waals surface area contributed by atoms with Gasteiger partial charge in [0, 0.05) is 38.0 Å². The van der Waals surface area contributed by atoms with Crippen LogP contribution in [-0.4, -0.2) is 34.1 Å². The molecule has 1 aromatic carbocycles. The fourth-order valence-corrected chi connectivity index (χ4v) is 3.44. The Morgan fingerprint density at radius 2 is 2.24 bits per heavy atom. The maximum atomic E-state index is 10.3. The molecule has 0 fully saturated rings. The summed E-state index contributed by atoms with van der Waals surface area (Å²) in [4.78, 5) is 0. The Kier molecular flexibility index (Phi) is 3.16. The normalized spacial score (nSPS) is 27.0. The van der Waals surface area contributed by atoms with Crippen LogP contribution in [0, 0.1) is 5.92 Å². The predicted molar refractivity (Wildman–Crippen MR) is 81.1 cm³/mol. The molecule has 3 N–H and O–H groups in total. The van der Waals surface area contributed by atoms with Crippen LogP contribution in [0.5, 0.6) is 0 Å². The van der Waals surface area contributed by atoms with E-state index in [1.54, 1.807) is 0 Å². The lowest BCUT2D eigenvalue weighted by molar-refractivity contribution is 0.138. The Labute approximate surface area is 124 Å². The van der Waals surface area contributed by atoms with Crippen LogP contribution < -0.4 is 10.6 Å². The molecular formula is C16H20N4O. The molecule has 0 spiro atoms. The zero-order chi connectivity index (χ0) is 14.2. The molecule has 4 rings (SSSR count). The fraction of sp³-hybridized carbons (Fsp3) is 0.438. The molecule has 110 valence electrons. The Morgan fingerprint density at radius 1 is 1.33 bits per heavy atom. The second kappa shape index (κ2) is 5.16. The maximum absolute atomic E-state index is 10.3. The van der Waals surface area contributed by atoms with Crippen LogP contribution in [0.3, 0.4) is 0 Å². The van der Waals surface area contributed by atoms with Crippen LogP contribution in [0.2, 0.25) is 0 Å². The van der Waals surface area contributed by atoms with Crippen molar-refractivity contribution in [3.8, 4) is 0 Å². The van der Waals surface area contributed by atoms with Gasteiger partial charge in [0.2, 0.25) is 0 Å². The van der Waals surface area contributed by atoms with Crippen molar-refractivity contribution in [2.75, 3.05) is 18.4 Å². The van der Waals surface area contributed by atoms with E-state index in [9.17, 15) is 5.11 Å². The summed E-state index contributed by atoms with van der Waals surface area (Å²) in [5.74, 6) is 1.58. The van der Waals surface area contributed by atoms with Gasteiger partial charge in [0.1, 0.15) is 5.82 Å². The van der Waals surface area contributed by atoms with E-state index >= 15 is 0 Å². The van der Waals surface area contributed by atoms with E-state index in [1.807, 2.05) is 29.1 Å². The van der Waals surface area contributed by atoms with Gasteiger partial charge in [-0.2, -0.15) is 5.10 Å². The van der Waals surface area contributed by atoms with E-state index < -0.39 is 0 Å². The first kappa shape index (κ1) is 12.9. The summed E-state index contributed by atoms with van der Waals surface area (Å²) in [6.07, 6.45) is 2.26. The third kappa shape index (κ3) is 2.32. The first-order valence-electron chi connectivity index (χ1n) is 7.56. The lowest BCUT2D eigenvalue weighted by atomic mass is 10.0. The van der Waals surface area contributed by atoms with Crippen molar-refractivity contribution in [2.45, 2.75) is 25.1 Å². The molecule has 0 amide bonds. The first-order valence-corrected chi connectivity index (χ1v) is 7.56. The molecule has 0 saturated carbocycles. The second-order valence-corrected chi connectivity index (χ2v) is 6.00. The van der Waals surface area contributed by atoms with Crippen LogP contribution >= 0.6 is 0 Å². The number of nitrogens with zero attached hydrogens (tertiary/aromatic N) is 2. The minimum Gasteiger partial charge on any atom is -0.391 e. The molecule has 5 heteroatoms. The number of benzene rings is 1. The predicted octanol–water partition coefficient (Wildman–Crippen LogP) is 1.17. The number of hydrogen-bond donors (Lipinski definition) is 3. The van der Waals surface area contributed by atoms with Gasteiger partial charge < -0.3 is 15.7 Å². The highest BCUT2D eigenvalue weighted by Gasteiger charge is 2.31. The highest BCUT2D eigenvalue weighted by molar-refractivity contribution is 5.37. The second-order valence-electron chi connectivity index (χ2n) is 6.00. The topological polar surface area (TPSA) is 62.1 Å². The molecule has 0 saturated heterocycles. The number of anilines is 1. The van der Waals surface area contributed by atoms with Crippen molar-refractivity contribution in [3.63, 3.8) is 0 Å². The largest absolute Gasteiger partial charge is 0.391 e. The number of rotatable bonds is 3. The summed E-state index contributed by atoms with van der Waals surface area (Å²) >= 11 is 0. The first-order chi connectivity index (χ1) is 10.3. The van der Waals surface area contributed by atoms with Crippen LogP contribution in [-0.2, 0) is 13.0 Å². The van der Waals surface area contributed by atoms with Gasteiger partial charge in [0.25, 0.3) is 0 Å². The van der Waals surface area contributed by atoms with E-state index in [1.165, 1.54) is 11.1 Å². The lowest BCUT2D eigenvalue weighted by Crippen LogP contribution is -2.38. The number of aliphatic hydroxyl groups is 1. The van der Waals surface area contributed by atoms with E-state index in [-0.39, 0.29) is 12.1 Å². The molecular weight excluding hydrogens is 264 g/mol. The van der Waals surface area contributed by atoms with Crippen molar-refractivity contribution in [1.82, 2.24) is 15.1 Å². The monoisotopic (exact) mass is 284 g/mol. The average molecular weight is 284 g/mol. The molecule has 5 nitrogen and oxygen atoms in total. The smallest absolute Gasteiger partial charge is 0.124 e. The summed E-state index contributed by atoms with van der Waals surface area (Å²) in [7, 11) is 0. The van der Waals surface area contributed by atoms with Gasteiger partial charge in [-0.3, -0.25) is 0 Å². The molecule has 2 aromatic rings. The Hall–Kier alpha value is -1.85. The molecule has 3 atom stereocenters. The number of aromatic nitrogens is 2. The van der Waals surface area contributed by atoms with Gasteiger partial charge in [0.15, 0.2) is 0 Å². The molecule has 1 aliphatic heterocycles. The third-order valence-electron chi connectivity index (χ3n) is 4.55. The Balaban J connectivity index is 1.42. The summed E-state index contributed by atoms with van der Waals surface area (Å²) in [5.41, 5.74) is 2.51. The van der Waals surface area contributed by atoms with Gasteiger partial charge >= 0.3 is 0 Å². The van der Waals surface area contributed by atoms with Crippen LogP contribution in [0.25, 0.3) is 0 Å². The minimum atomic E-state index is -0.320. The molecule has 1 aromatic heterocycles. The number of fused-ring (bicyclic) bond motifs is 2. The van der Waals surface area contributed by atoms with Crippen molar-refractivity contribution in [1.29, 1.82) is 0 Å². The highest BCUT2D eigenvalue weighted by atomic mass is 16.3. The zero-order valence-electron chi connectivity index (χ0n) is 11.9. The van der Waals surface area contributed by atoms with Gasteiger partial charge in [0.05, 0.1) is 18.3 Å². The van der Waals surface area contributed by atoms with E-state index in [0.717, 1.165) is 31.9 Å². The van der Waals surface area contributed by atoms with E-state index in [2.05, 4.69) is 27.9 Å². The Bertz CT molecular complexity index is 639. The molecule has 2 aliphatic rings. The van der Waals surface area contributed by atoms with Crippen LogP contribution in [0.4, 0.5) is 5.82 Å². The average Bonchev–Trinajstić information content (AvgIpc) is 3.08. The van der Waals surface area contributed by atoms with Gasteiger partial charge in [-0.25, -0.2) is 4.68 Å². The van der Waals surface area contributed by atoms with Crippen molar-refractivity contribution >= 4 is 5.82 Å². The Morgan fingerprint density at radius 3 is 3.19 bits per heavy atom. The summed E-state index contributed by atoms with van der Waals surface area (Å²) in [6.45, 7) is 2.75. The van der Waals surface area contributed by atoms with Gasteiger partial charge in [-0.05, 0) is 11.1 Å². The number of aliphatic hydroxyl groups excluding tert-OH is 1. The minimum absolute atomic E-state index is 0.0558. The van der Waals surface area contributed by atoms with Crippen LogP contribution in [0.1, 0.15) is 17.2 Å². The summed E-state index contributed by atoms with van der Waals surface area (Å²) in [5, 5.41) is 21.5. The highest BCUT2D eigenvalue weighted by Crippen LogP contribution is 2.31. The van der Waals surface area contributed by atoms with Gasteiger partial charge in [-0.1, -0.05) is 24.3 Å². The molecule has 0 bridgehead atoms.